The van der Waals surface area contributed by atoms with Crippen molar-refractivity contribution in [2.45, 2.75) is 42.3 Å². The molecule has 1 aromatic heterocycles. The first kappa shape index (κ1) is 10.3. The smallest absolute Gasteiger partial charge is 0.374 e. The van der Waals surface area contributed by atoms with Crippen molar-refractivity contribution in [3.05, 3.63) is 24.2 Å². The minimum absolute atomic E-state index is 0.0938. The molecule has 0 radical (unpaired) electrons. The first-order valence-corrected chi connectivity index (χ1v) is 6.65. The van der Waals surface area contributed by atoms with Crippen molar-refractivity contribution in [2.75, 3.05) is 0 Å². The van der Waals surface area contributed by atoms with Crippen molar-refractivity contribution in [2.24, 2.45) is 0 Å². The standard InChI is InChI=1S/C12H14O3S/c13-12(11-2-1-5-14-11)15-8-6-9-3-4-10(7-8)16-9/h1-2,5,8-10H,3-4,6-7H2. The molecule has 3 rings (SSSR count). The summed E-state index contributed by atoms with van der Waals surface area (Å²) in [5.41, 5.74) is 0. The predicted octanol–water partition coefficient (Wildman–Crippen LogP) is 2.86. The number of fused-ring (bicyclic) bond motifs is 2. The normalized spacial score (nSPS) is 32.6. The van der Waals surface area contributed by atoms with E-state index in [1.165, 1.54) is 19.1 Å². The van der Waals surface area contributed by atoms with Gasteiger partial charge < -0.3 is 9.15 Å². The molecule has 0 amide bonds. The van der Waals surface area contributed by atoms with Crippen LogP contribution in [0, 0.1) is 0 Å². The molecule has 0 spiro atoms. The maximum absolute atomic E-state index is 11.7. The second-order valence-corrected chi connectivity index (χ2v) is 6.04. The Kier molecular flexibility index (Phi) is 2.67. The van der Waals surface area contributed by atoms with Crippen LogP contribution in [0.25, 0.3) is 0 Å². The first-order valence-electron chi connectivity index (χ1n) is 5.71. The fourth-order valence-electron chi connectivity index (χ4n) is 2.51. The fourth-order valence-corrected chi connectivity index (χ4v) is 4.25. The number of rotatable bonds is 2. The molecule has 2 unspecified atom stereocenters. The lowest BCUT2D eigenvalue weighted by atomic mass is 10.1. The van der Waals surface area contributed by atoms with Crippen LogP contribution in [-0.4, -0.2) is 22.6 Å². The monoisotopic (exact) mass is 238 g/mol. The predicted molar refractivity (Wildman–Crippen MR) is 61.5 cm³/mol. The second kappa shape index (κ2) is 4.17. The maximum Gasteiger partial charge on any atom is 0.374 e. The third-order valence-corrected chi connectivity index (χ3v) is 4.87. The minimum Gasteiger partial charge on any atom is -0.457 e. The Morgan fingerprint density at radius 1 is 1.38 bits per heavy atom. The molecule has 0 aromatic carbocycles. The van der Waals surface area contributed by atoms with E-state index in [0.29, 0.717) is 16.3 Å². The summed E-state index contributed by atoms with van der Waals surface area (Å²) in [5, 5.41) is 1.40. The molecule has 4 heteroatoms. The molecule has 2 aliphatic rings. The number of esters is 1. The van der Waals surface area contributed by atoms with Gasteiger partial charge in [-0.05, 0) is 37.8 Å². The zero-order valence-corrected chi connectivity index (χ0v) is 9.74. The van der Waals surface area contributed by atoms with Crippen LogP contribution in [0.4, 0.5) is 0 Å². The zero-order chi connectivity index (χ0) is 11.0. The van der Waals surface area contributed by atoms with Crippen molar-refractivity contribution < 1.29 is 13.9 Å². The van der Waals surface area contributed by atoms with E-state index >= 15 is 0 Å². The lowest BCUT2D eigenvalue weighted by Crippen LogP contribution is -2.27. The lowest BCUT2D eigenvalue weighted by molar-refractivity contribution is 0.0230. The van der Waals surface area contributed by atoms with Gasteiger partial charge in [-0.3, -0.25) is 0 Å². The number of ether oxygens (including phenoxy) is 1. The summed E-state index contributed by atoms with van der Waals surface area (Å²) in [6, 6.07) is 3.35. The molecule has 0 N–H and O–H groups in total. The van der Waals surface area contributed by atoms with Crippen LogP contribution in [0.3, 0.4) is 0 Å². The maximum atomic E-state index is 11.7. The first-order chi connectivity index (χ1) is 7.81. The third-order valence-electron chi connectivity index (χ3n) is 3.24. The van der Waals surface area contributed by atoms with Gasteiger partial charge in [0.05, 0.1) is 6.26 Å². The van der Waals surface area contributed by atoms with E-state index in [2.05, 4.69) is 11.8 Å². The molecular weight excluding hydrogens is 224 g/mol. The highest BCUT2D eigenvalue weighted by Crippen LogP contribution is 2.44. The quantitative estimate of drug-likeness (QED) is 0.743. The highest BCUT2D eigenvalue weighted by Gasteiger charge is 2.36. The Morgan fingerprint density at radius 3 is 2.75 bits per heavy atom. The highest BCUT2D eigenvalue weighted by molar-refractivity contribution is 8.00. The molecule has 86 valence electrons. The topological polar surface area (TPSA) is 39.4 Å². The number of carbonyl (C=O) groups is 1. The van der Waals surface area contributed by atoms with Crippen LogP contribution in [0.2, 0.25) is 0 Å². The molecule has 3 heterocycles. The van der Waals surface area contributed by atoms with Crippen molar-refractivity contribution in [1.29, 1.82) is 0 Å². The Morgan fingerprint density at radius 2 is 2.12 bits per heavy atom. The van der Waals surface area contributed by atoms with Crippen LogP contribution in [-0.2, 0) is 4.74 Å². The molecular formula is C12H14O3S. The summed E-state index contributed by atoms with van der Waals surface area (Å²) in [6.45, 7) is 0. The minimum atomic E-state index is -0.318. The number of hydrogen-bond acceptors (Lipinski definition) is 4. The van der Waals surface area contributed by atoms with Crippen LogP contribution < -0.4 is 0 Å². The summed E-state index contributed by atoms with van der Waals surface area (Å²) in [4.78, 5) is 11.7. The van der Waals surface area contributed by atoms with Gasteiger partial charge in [0, 0.05) is 10.5 Å². The van der Waals surface area contributed by atoms with Gasteiger partial charge in [-0.1, -0.05) is 0 Å². The third kappa shape index (κ3) is 1.98. The average Bonchev–Trinajstić information content (AvgIpc) is 2.88. The van der Waals surface area contributed by atoms with Gasteiger partial charge in [-0.15, -0.1) is 0 Å². The van der Waals surface area contributed by atoms with Crippen molar-refractivity contribution >= 4 is 17.7 Å². The number of carbonyl (C=O) groups excluding carboxylic acids is 1. The molecule has 2 bridgehead atoms. The molecule has 2 saturated heterocycles. The average molecular weight is 238 g/mol. The second-order valence-electron chi connectivity index (χ2n) is 4.43. The van der Waals surface area contributed by atoms with Crippen LogP contribution >= 0.6 is 11.8 Å². The Bertz CT molecular complexity index is 362. The molecule has 2 fully saturated rings. The lowest BCUT2D eigenvalue weighted by Gasteiger charge is -2.26. The zero-order valence-electron chi connectivity index (χ0n) is 8.93. The number of furan rings is 1. The van der Waals surface area contributed by atoms with Gasteiger partial charge in [0.1, 0.15) is 6.10 Å². The van der Waals surface area contributed by atoms with Gasteiger partial charge in [-0.2, -0.15) is 11.8 Å². The molecule has 0 saturated carbocycles. The van der Waals surface area contributed by atoms with E-state index in [-0.39, 0.29) is 12.1 Å². The molecule has 2 atom stereocenters. The summed E-state index contributed by atoms with van der Waals surface area (Å²) in [6.07, 6.45) is 6.17. The van der Waals surface area contributed by atoms with E-state index in [1.807, 2.05) is 0 Å². The van der Waals surface area contributed by atoms with Gasteiger partial charge in [0.15, 0.2) is 0 Å². The highest BCUT2D eigenvalue weighted by atomic mass is 32.2. The molecule has 1 aromatic rings. The van der Waals surface area contributed by atoms with E-state index in [0.717, 1.165) is 12.8 Å². The van der Waals surface area contributed by atoms with E-state index in [1.54, 1.807) is 12.1 Å². The fraction of sp³-hybridized carbons (Fsp3) is 0.583. The Balaban J connectivity index is 1.61. The van der Waals surface area contributed by atoms with Gasteiger partial charge >= 0.3 is 5.97 Å². The Labute approximate surface area is 98.5 Å². The van der Waals surface area contributed by atoms with E-state index in [9.17, 15) is 4.79 Å². The van der Waals surface area contributed by atoms with Gasteiger partial charge in [0.25, 0.3) is 0 Å². The largest absolute Gasteiger partial charge is 0.457 e. The summed E-state index contributed by atoms with van der Waals surface area (Å²) in [5.74, 6) is -0.00752. The van der Waals surface area contributed by atoms with Gasteiger partial charge in [0.2, 0.25) is 5.76 Å². The van der Waals surface area contributed by atoms with Gasteiger partial charge in [-0.25, -0.2) is 4.79 Å². The number of thioether (sulfide) groups is 1. The van der Waals surface area contributed by atoms with E-state index < -0.39 is 0 Å². The number of hydrogen-bond donors (Lipinski definition) is 0. The van der Waals surface area contributed by atoms with Crippen molar-refractivity contribution in [3.63, 3.8) is 0 Å². The van der Waals surface area contributed by atoms with Crippen LogP contribution in [0.1, 0.15) is 36.2 Å². The molecule has 0 aliphatic carbocycles. The summed E-state index contributed by atoms with van der Waals surface area (Å²) < 4.78 is 10.5. The molecule has 16 heavy (non-hydrogen) atoms. The summed E-state index contributed by atoms with van der Waals surface area (Å²) in [7, 11) is 0. The summed E-state index contributed by atoms with van der Waals surface area (Å²) >= 11 is 2.07. The SMILES string of the molecule is O=C(OC1CC2CCC(C1)S2)c1ccco1. The van der Waals surface area contributed by atoms with Crippen molar-refractivity contribution in [3.8, 4) is 0 Å². The van der Waals surface area contributed by atoms with Crippen LogP contribution in [0.5, 0.6) is 0 Å². The van der Waals surface area contributed by atoms with Crippen LogP contribution in [0.15, 0.2) is 22.8 Å². The van der Waals surface area contributed by atoms with Crippen molar-refractivity contribution in [1.82, 2.24) is 0 Å². The Hall–Kier alpha value is -0.900. The molecule has 2 aliphatic heterocycles. The molecule has 3 nitrogen and oxygen atoms in total. The van der Waals surface area contributed by atoms with E-state index in [4.69, 9.17) is 9.15 Å².